The number of pyridine rings is 1. The lowest BCUT2D eigenvalue weighted by Gasteiger charge is -2.24. The molecule has 1 atom stereocenters. The lowest BCUT2D eigenvalue weighted by molar-refractivity contribution is 0.0736. The van der Waals surface area contributed by atoms with E-state index in [9.17, 15) is 4.79 Å². The number of aromatic amines is 1. The van der Waals surface area contributed by atoms with Gasteiger partial charge in [-0.25, -0.2) is 0 Å². The summed E-state index contributed by atoms with van der Waals surface area (Å²) in [5.74, 6) is -0.0935. The van der Waals surface area contributed by atoms with Crippen molar-refractivity contribution in [1.82, 2.24) is 20.1 Å². The van der Waals surface area contributed by atoms with Crippen LogP contribution in [0.5, 0.6) is 0 Å². The van der Waals surface area contributed by atoms with Crippen LogP contribution >= 0.6 is 0 Å². The van der Waals surface area contributed by atoms with Gasteiger partial charge in [-0.2, -0.15) is 5.10 Å². The maximum atomic E-state index is 12.6. The minimum absolute atomic E-state index is 0.0472. The summed E-state index contributed by atoms with van der Waals surface area (Å²) in [5.41, 5.74) is 3.26. The van der Waals surface area contributed by atoms with Crippen LogP contribution < -0.4 is 0 Å². The van der Waals surface area contributed by atoms with Gasteiger partial charge in [0.15, 0.2) is 0 Å². The molecular formula is C18H18N4O. The summed E-state index contributed by atoms with van der Waals surface area (Å²) in [4.78, 5) is 18.3. The molecule has 23 heavy (non-hydrogen) atoms. The van der Waals surface area contributed by atoms with E-state index in [-0.39, 0.29) is 11.9 Å². The number of nitrogens with zero attached hydrogens (tertiary/aromatic N) is 3. The Hall–Kier alpha value is -2.95. The van der Waals surface area contributed by atoms with E-state index in [1.165, 1.54) is 0 Å². The maximum Gasteiger partial charge on any atom is 0.272 e. The van der Waals surface area contributed by atoms with Crippen molar-refractivity contribution in [3.05, 3.63) is 72.2 Å². The minimum atomic E-state index is -0.0935. The van der Waals surface area contributed by atoms with Crippen LogP contribution in [-0.4, -0.2) is 33.0 Å². The molecule has 0 saturated heterocycles. The van der Waals surface area contributed by atoms with Crippen LogP contribution in [0.3, 0.4) is 0 Å². The molecule has 1 aromatic carbocycles. The summed E-state index contributed by atoms with van der Waals surface area (Å²) in [6, 6.07) is 15.3. The van der Waals surface area contributed by atoms with Crippen molar-refractivity contribution in [3.8, 4) is 11.3 Å². The number of aromatic nitrogens is 3. The summed E-state index contributed by atoms with van der Waals surface area (Å²) in [5, 5.41) is 7.08. The Morgan fingerprint density at radius 3 is 2.52 bits per heavy atom. The number of H-pyrrole nitrogens is 1. The summed E-state index contributed by atoms with van der Waals surface area (Å²) in [7, 11) is 1.79. The lowest BCUT2D eigenvalue weighted by Crippen LogP contribution is -2.29. The average Bonchev–Trinajstić information content (AvgIpc) is 3.11. The predicted octanol–water partition coefficient (Wildman–Crippen LogP) is 3.30. The molecule has 0 radical (unpaired) electrons. The second-order valence-electron chi connectivity index (χ2n) is 5.41. The van der Waals surface area contributed by atoms with E-state index < -0.39 is 0 Å². The SMILES string of the molecule is C[C@@H](c1ccncc1)N(C)C(=O)c1cc(-c2ccccc2)n[nH]1. The van der Waals surface area contributed by atoms with Crippen molar-refractivity contribution in [3.63, 3.8) is 0 Å². The zero-order chi connectivity index (χ0) is 16.2. The Bertz CT molecular complexity index is 783. The third-order valence-corrected chi connectivity index (χ3v) is 3.97. The third-order valence-electron chi connectivity index (χ3n) is 3.97. The average molecular weight is 306 g/mol. The fourth-order valence-electron chi connectivity index (χ4n) is 2.42. The lowest BCUT2D eigenvalue weighted by atomic mass is 10.1. The highest BCUT2D eigenvalue weighted by Gasteiger charge is 2.20. The first-order valence-electron chi connectivity index (χ1n) is 7.44. The number of amides is 1. The standard InChI is InChI=1S/C18H18N4O/c1-13(14-8-10-19-11-9-14)22(2)18(23)17-12-16(20-21-17)15-6-4-3-5-7-15/h3-13H,1-2H3,(H,20,21)/t13-/m0/s1. The minimum Gasteiger partial charge on any atom is -0.334 e. The predicted molar refractivity (Wildman–Crippen MR) is 88.8 cm³/mol. The number of carbonyl (C=O) groups is 1. The molecule has 0 spiro atoms. The summed E-state index contributed by atoms with van der Waals surface area (Å²) in [6.07, 6.45) is 3.46. The van der Waals surface area contributed by atoms with Gasteiger partial charge in [0.25, 0.3) is 5.91 Å². The van der Waals surface area contributed by atoms with Crippen LogP contribution in [0, 0.1) is 0 Å². The van der Waals surface area contributed by atoms with Crippen molar-refractivity contribution < 1.29 is 4.79 Å². The number of nitrogens with one attached hydrogen (secondary N) is 1. The molecule has 5 nitrogen and oxygen atoms in total. The number of benzene rings is 1. The van der Waals surface area contributed by atoms with Gasteiger partial charge in [-0.3, -0.25) is 14.9 Å². The normalized spacial score (nSPS) is 11.9. The van der Waals surface area contributed by atoms with Gasteiger partial charge in [-0.15, -0.1) is 0 Å². The van der Waals surface area contributed by atoms with Crippen LogP contribution in [0.1, 0.15) is 29.0 Å². The van der Waals surface area contributed by atoms with E-state index in [0.29, 0.717) is 5.69 Å². The first-order chi connectivity index (χ1) is 11.2. The van der Waals surface area contributed by atoms with E-state index in [0.717, 1.165) is 16.8 Å². The number of carbonyl (C=O) groups excluding carboxylic acids is 1. The van der Waals surface area contributed by atoms with Crippen molar-refractivity contribution in [2.45, 2.75) is 13.0 Å². The maximum absolute atomic E-state index is 12.6. The van der Waals surface area contributed by atoms with Crippen LogP contribution in [0.2, 0.25) is 0 Å². The monoisotopic (exact) mass is 306 g/mol. The topological polar surface area (TPSA) is 61.9 Å². The van der Waals surface area contributed by atoms with Gasteiger partial charge in [0.1, 0.15) is 5.69 Å². The largest absolute Gasteiger partial charge is 0.334 e. The Balaban J connectivity index is 1.79. The number of rotatable bonds is 4. The van der Waals surface area contributed by atoms with Gasteiger partial charge < -0.3 is 4.90 Å². The Morgan fingerprint density at radius 1 is 1.13 bits per heavy atom. The van der Waals surface area contributed by atoms with Gasteiger partial charge in [-0.1, -0.05) is 30.3 Å². The molecule has 0 aliphatic heterocycles. The van der Waals surface area contributed by atoms with E-state index >= 15 is 0 Å². The first kappa shape index (κ1) is 15.0. The molecule has 2 heterocycles. The summed E-state index contributed by atoms with van der Waals surface area (Å²) >= 11 is 0. The summed E-state index contributed by atoms with van der Waals surface area (Å²) < 4.78 is 0. The van der Waals surface area contributed by atoms with Gasteiger partial charge >= 0.3 is 0 Å². The van der Waals surface area contributed by atoms with Crippen molar-refractivity contribution >= 4 is 5.91 Å². The molecule has 5 heteroatoms. The van der Waals surface area contributed by atoms with E-state index in [4.69, 9.17) is 0 Å². The molecular weight excluding hydrogens is 288 g/mol. The Morgan fingerprint density at radius 2 is 1.83 bits per heavy atom. The van der Waals surface area contributed by atoms with Crippen LogP contribution in [-0.2, 0) is 0 Å². The molecule has 0 aliphatic rings. The zero-order valence-corrected chi connectivity index (χ0v) is 13.1. The number of hydrogen-bond acceptors (Lipinski definition) is 3. The van der Waals surface area contributed by atoms with Crippen LogP contribution in [0.4, 0.5) is 0 Å². The molecule has 0 unspecified atom stereocenters. The molecule has 116 valence electrons. The van der Waals surface area contributed by atoms with Crippen molar-refractivity contribution in [1.29, 1.82) is 0 Å². The molecule has 0 aliphatic carbocycles. The van der Waals surface area contributed by atoms with E-state index in [1.54, 1.807) is 30.4 Å². The molecule has 1 N–H and O–H groups in total. The highest BCUT2D eigenvalue weighted by Crippen LogP contribution is 2.22. The fourth-order valence-corrected chi connectivity index (χ4v) is 2.42. The second kappa shape index (κ2) is 6.44. The fraction of sp³-hybridized carbons (Fsp3) is 0.167. The Labute approximate surface area is 135 Å². The molecule has 0 fully saturated rings. The van der Waals surface area contributed by atoms with Crippen LogP contribution in [0.15, 0.2) is 60.9 Å². The molecule has 3 aromatic rings. The zero-order valence-electron chi connectivity index (χ0n) is 13.1. The highest BCUT2D eigenvalue weighted by molar-refractivity contribution is 5.93. The van der Waals surface area contributed by atoms with E-state index in [2.05, 4.69) is 15.2 Å². The summed E-state index contributed by atoms with van der Waals surface area (Å²) in [6.45, 7) is 1.99. The molecule has 0 saturated carbocycles. The van der Waals surface area contributed by atoms with E-state index in [1.807, 2.05) is 49.4 Å². The Kier molecular flexibility index (Phi) is 4.19. The van der Waals surface area contributed by atoms with Gasteiger partial charge in [0, 0.05) is 25.0 Å². The van der Waals surface area contributed by atoms with Gasteiger partial charge in [0.05, 0.1) is 11.7 Å². The molecule has 2 aromatic heterocycles. The van der Waals surface area contributed by atoms with Crippen molar-refractivity contribution in [2.24, 2.45) is 0 Å². The quantitative estimate of drug-likeness (QED) is 0.804. The van der Waals surface area contributed by atoms with Crippen molar-refractivity contribution in [2.75, 3.05) is 7.05 Å². The molecule has 3 rings (SSSR count). The van der Waals surface area contributed by atoms with Gasteiger partial charge in [0.2, 0.25) is 0 Å². The van der Waals surface area contributed by atoms with Gasteiger partial charge in [-0.05, 0) is 30.7 Å². The molecule has 1 amide bonds. The molecule has 0 bridgehead atoms. The highest BCUT2D eigenvalue weighted by atomic mass is 16.2. The van der Waals surface area contributed by atoms with Crippen LogP contribution in [0.25, 0.3) is 11.3 Å². The number of hydrogen-bond donors (Lipinski definition) is 1. The second-order valence-corrected chi connectivity index (χ2v) is 5.41. The smallest absolute Gasteiger partial charge is 0.272 e. The first-order valence-corrected chi connectivity index (χ1v) is 7.44. The third kappa shape index (κ3) is 3.13.